The molecule has 3 heterocycles. The van der Waals surface area contributed by atoms with Gasteiger partial charge < -0.3 is 14.8 Å². The largest absolute Gasteiger partial charge is 0.504 e. The van der Waals surface area contributed by atoms with Crippen LogP contribution in [-0.4, -0.2) is 55.5 Å². The minimum absolute atomic E-state index is 0.00642. The normalized spacial score (nSPS) is 32.0. The number of piperidine rings is 1. The summed E-state index contributed by atoms with van der Waals surface area (Å²) in [4.78, 5) is 28.3. The molecule has 1 unspecified atom stereocenters. The Labute approximate surface area is 165 Å². The standard InChI is InChI=1S/C22H28N2O4/c1-4-14-12-24-10-9-22(20(25)15-7-5-6-8-18(15)23-22)19(24)11-16(14)17(13-27-2)21(26)28-3/h5-8,13-14,16,19,23H,4,9-12H2,1-3H3/t14-,16+,19?,22+/m1/s1. The number of methoxy groups -OCH3 is 2. The molecule has 150 valence electrons. The van der Waals surface area contributed by atoms with Gasteiger partial charge in [0.25, 0.3) is 0 Å². The van der Waals surface area contributed by atoms with Gasteiger partial charge in [0, 0.05) is 30.4 Å². The van der Waals surface area contributed by atoms with Crippen molar-refractivity contribution in [2.75, 3.05) is 32.6 Å². The summed E-state index contributed by atoms with van der Waals surface area (Å²) >= 11 is 0. The molecule has 1 aromatic rings. The van der Waals surface area contributed by atoms with Crippen LogP contribution in [0.3, 0.4) is 0 Å². The van der Waals surface area contributed by atoms with Gasteiger partial charge in [0.1, 0.15) is 5.54 Å². The summed E-state index contributed by atoms with van der Waals surface area (Å²) in [6.45, 7) is 3.92. The number of fused-ring (bicyclic) bond motifs is 3. The van der Waals surface area contributed by atoms with Crippen LogP contribution in [0.15, 0.2) is 36.1 Å². The van der Waals surface area contributed by atoms with E-state index in [-0.39, 0.29) is 23.7 Å². The summed E-state index contributed by atoms with van der Waals surface area (Å²) in [5.41, 5.74) is 1.67. The van der Waals surface area contributed by atoms with E-state index in [2.05, 4.69) is 17.1 Å². The number of anilines is 1. The van der Waals surface area contributed by atoms with Gasteiger partial charge in [0.15, 0.2) is 5.78 Å². The molecular formula is C22H28N2O4. The zero-order chi connectivity index (χ0) is 19.9. The van der Waals surface area contributed by atoms with E-state index >= 15 is 0 Å². The molecule has 2 fully saturated rings. The van der Waals surface area contributed by atoms with Crippen molar-refractivity contribution in [2.24, 2.45) is 11.8 Å². The number of carbonyl (C=O) groups is 2. The molecule has 0 bridgehead atoms. The first kappa shape index (κ1) is 19.0. The van der Waals surface area contributed by atoms with Gasteiger partial charge in [0.2, 0.25) is 0 Å². The lowest BCUT2D eigenvalue weighted by Gasteiger charge is -2.45. The molecular weight excluding hydrogens is 356 g/mol. The number of esters is 1. The van der Waals surface area contributed by atoms with Crippen molar-refractivity contribution >= 4 is 17.4 Å². The van der Waals surface area contributed by atoms with Crippen molar-refractivity contribution in [3.05, 3.63) is 41.7 Å². The van der Waals surface area contributed by atoms with Gasteiger partial charge in [-0.25, -0.2) is 4.79 Å². The number of hydrogen-bond donors (Lipinski definition) is 1. The number of nitrogens with one attached hydrogen (secondary N) is 1. The van der Waals surface area contributed by atoms with Crippen molar-refractivity contribution in [2.45, 2.75) is 37.8 Å². The number of para-hydroxylation sites is 1. The van der Waals surface area contributed by atoms with E-state index in [1.165, 1.54) is 13.4 Å². The van der Waals surface area contributed by atoms with Crippen LogP contribution in [-0.2, 0) is 14.3 Å². The second-order valence-electron chi connectivity index (χ2n) is 8.04. The average Bonchev–Trinajstić information content (AvgIpc) is 3.23. The van der Waals surface area contributed by atoms with Crippen LogP contribution >= 0.6 is 0 Å². The van der Waals surface area contributed by atoms with E-state index in [4.69, 9.17) is 9.47 Å². The van der Waals surface area contributed by atoms with Crippen LogP contribution in [0.25, 0.3) is 0 Å². The molecule has 3 aliphatic heterocycles. The highest BCUT2D eigenvalue weighted by atomic mass is 16.5. The van der Waals surface area contributed by atoms with Gasteiger partial charge in [0.05, 0.1) is 26.1 Å². The molecule has 28 heavy (non-hydrogen) atoms. The van der Waals surface area contributed by atoms with Crippen molar-refractivity contribution in [1.82, 2.24) is 4.90 Å². The van der Waals surface area contributed by atoms with Crippen LogP contribution in [0.4, 0.5) is 5.69 Å². The molecule has 3 aliphatic rings. The topological polar surface area (TPSA) is 67.9 Å². The van der Waals surface area contributed by atoms with Gasteiger partial charge in [-0.3, -0.25) is 9.69 Å². The Morgan fingerprint density at radius 3 is 2.82 bits per heavy atom. The van der Waals surface area contributed by atoms with Crippen molar-refractivity contribution in [3.8, 4) is 0 Å². The number of ketones is 1. The van der Waals surface area contributed by atoms with E-state index in [0.717, 1.165) is 43.6 Å². The third kappa shape index (κ3) is 2.73. The first-order valence-electron chi connectivity index (χ1n) is 10.0. The second kappa shape index (κ2) is 7.24. The molecule has 6 nitrogen and oxygen atoms in total. The summed E-state index contributed by atoms with van der Waals surface area (Å²) in [5.74, 6) is 0.164. The molecule has 1 spiro atoms. The average molecular weight is 384 g/mol. The molecule has 0 radical (unpaired) electrons. The first-order valence-corrected chi connectivity index (χ1v) is 10.0. The van der Waals surface area contributed by atoms with Crippen LogP contribution in [0, 0.1) is 11.8 Å². The van der Waals surface area contributed by atoms with E-state index in [0.29, 0.717) is 11.5 Å². The van der Waals surface area contributed by atoms with Crippen molar-refractivity contribution in [1.29, 1.82) is 0 Å². The molecule has 4 rings (SSSR count). The molecule has 0 amide bonds. The lowest BCUT2D eigenvalue weighted by atomic mass is 9.72. The fourth-order valence-corrected chi connectivity index (χ4v) is 5.45. The smallest absolute Gasteiger partial charge is 0.337 e. The highest BCUT2D eigenvalue weighted by Crippen LogP contribution is 2.48. The SMILES string of the molecule is CC[C@@H]1CN2CC[C@]3(Nc4ccccc4C3=O)C2C[C@@H]1C(=COC)C(=O)OC. The van der Waals surface area contributed by atoms with Crippen LogP contribution < -0.4 is 5.32 Å². The zero-order valence-corrected chi connectivity index (χ0v) is 16.7. The highest BCUT2D eigenvalue weighted by Gasteiger charge is 2.59. The maximum atomic E-state index is 13.4. The van der Waals surface area contributed by atoms with Crippen LogP contribution in [0.5, 0.6) is 0 Å². The Bertz CT molecular complexity index is 821. The van der Waals surface area contributed by atoms with Crippen LogP contribution in [0.1, 0.15) is 36.5 Å². The Hall–Kier alpha value is -2.34. The fraction of sp³-hybridized carbons (Fsp3) is 0.545. The van der Waals surface area contributed by atoms with E-state index in [1.807, 2.05) is 24.3 Å². The summed E-state index contributed by atoms with van der Waals surface area (Å²) in [5, 5.41) is 3.57. The zero-order valence-electron chi connectivity index (χ0n) is 16.7. The Balaban J connectivity index is 1.68. The second-order valence-corrected chi connectivity index (χ2v) is 8.04. The Morgan fingerprint density at radius 1 is 1.36 bits per heavy atom. The van der Waals surface area contributed by atoms with Crippen molar-refractivity contribution < 1.29 is 19.1 Å². The lowest BCUT2D eigenvalue weighted by Crippen LogP contribution is -2.57. The lowest BCUT2D eigenvalue weighted by molar-refractivity contribution is -0.137. The summed E-state index contributed by atoms with van der Waals surface area (Å²) in [6.07, 6.45) is 4.00. The summed E-state index contributed by atoms with van der Waals surface area (Å²) in [7, 11) is 2.95. The molecule has 0 saturated carbocycles. The number of rotatable bonds is 4. The third-order valence-electron chi connectivity index (χ3n) is 6.84. The molecule has 4 atom stereocenters. The minimum atomic E-state index is -0.602. The third-order valence-corrected chi connectivity index (χ3v) is 6.84. The van der Waals surface area contributed by atoms with Gasteiger partial charge in [-0.1, -0.05) is 25.5 Å². The van der Waals surface area contributed by atoms with Crippen LogP contribution in [0.2, 0.25) is 0 Å². The number of Topliss-reactive ketones (excluding diaryl/α,β-unsaturated/α-hetero) is 1. The van der Waals surface area contributed by atoms with Crippen molar-refractivity contribution in [3.63, 3.8) is 0 Å². The monoisotopic (exact) mass is 384 g/mol. The number of hydrogen-bond acceptors (Lipinski definition) is 6. The maximum absolute atomic E-state index is 13.4. The van der Waals surface area contributed by atoms with Gasteiger partial charge >= 0.3 is 5.97 Å². The number of carbonyl (C=O) groups excluding carboxylic acids is 2. The predicted molar refractivity (Wildman–Crippen MR) is 106 cm³/mol. The summed E-state index contributed by atoms with van der Waals surface area (Å²) in [6, 6.07) is 7.80. The van der Waals surface area contributed by atoms with Gasteiger partial charge in [-0.15, -0.1) is 0 Å². The molecule has 1 N–H and O–H groups in total. The number of benzene rings is 1. The number of ether oxygens (including phenoxy) is 2. The minimum Gasteiger partial charge on any atom is -0.504 e. The van der Waals surface area contributed by atoms with E-state index in [1.54, 1.807) is 7.11 Å². The predicted octanol–water partition coefficient (Wildman–Crippen LogP) is 2.86. The molecule has 0 aliphatic carbocycles. The van der Waals surface area contributed by atoms with E-state index in [9.17, 15) is 9.59 Å². The van der Waals surface area contributed by atoms with E-state index < -0.39 is 5.54 Å². The summed E-state index contributed by atoms with van der Waals surface area (Å²) < 4.78 is 10.2. The fourth-order valence-electron chi connectivity index (χ4n) is 5.45. The maximum Gasteiger partial charge on any atom is 0.337 e. The first-order chi connectivity index (χ1) is 13.6. The molecule has 6 heteroatoms. The quantitative estimate of drug-likeness (QED) is 0.489. The Kier molecular flexibility index (Phi) is 4.91. The van der Waals surface area contributed by atoms with Gasteiger partial charge in [-0.05, 0) is 36.8 Å². The molecule has 0 aromatic heterocycles. The highest BCUT2D eigenvalue weighted by molar-refractivity contribution is 6.14. The number of nitrogens with zero attached hydrogens (tertiary/aromatic N) is 1. The molecule has 1 aromatic carbocycles. The molecule has 2 saturated heterocycles. The van der Waals surface area contributed by atoms with Gasteiger partial charge in [-0.2, -0.15) is 0 Å². The Morgan fingerprint density at radius 2 is 2.14 bits per heavy atom.